The maximum atomic E-state index is 12.7. The quantitative estimate of drug-likeness (QED) is 0.749. The molecule has 0 radical (unpaired) electrons. The van der Waals surface area contributed by atoms with Crippen LogP contribution in [0.2, 0.25) is 0 Å². The van der Waals surface area contributed by atoms with Crippen molar-refractivity contribution in [3.05, 3.63) is 24.0 Å². The van der Waals surface area contributed by atoms with Crippen LogP contribution in [0.15, 0.2) is 18.5 Å². The van der Waals surface area contributed by atoms with E-state index < -0.39 is 25.0 Å². The smallest absolute Gasteiger partial charge is 0.330 e. The van der Waals surface area contributed by atoms with E-state index in [2.05, 4.69) is 15.0 Å². The number of pyridine rings is 1. The summed E-state index contributed by atoms with van der Waals surface area (Å²) in [7, 11) is 1.58. The summed E-state index contributed by atoms with van der Waals surface area (Å²) in [5, 5.41) is 2.80. The molecule has 0 fully saturated rings. The van der Waals surface area contributed by atoms with Crippen LogP contribution in [0.3, 0.4) is 0 Å². The van der Waals surface area contributed by atoms with Crippen molar-refractivity contribution in [2.45, 2.75) is 18.4 Å². The van der Waals surface area contributed by atoms with E-state index in [-0.39, 0.29) is 6.61 Å². The Balaban J connectivity index is 2.58. The number of ether oxygens (including phenoxy) is 1. The molecular formula is C11H15F4N3O. The molecule has 0 aliphatic carbocycles. The molecule has 0 aromatic carbocycles. The van der Waals surface area contributed by atoms with Crippen LogP contribution < -0.4 is 11.1 Å². The molecular weight excluding hydrogens is 266 g/mol. The Kier molecular flexibility index (Phi) is 5.49. The van der Waals surface area contributed by atoms with Crippen molar-refractivity contribution in [2.75, 3.05) is 26.0 Å². The average molecular weight is 281 g/mol. The number of nitrogens with zero attached hydrogens (tertiary/aromatic N) is 1. The predicted octanol–water partition coefficient (Wildman–Crippen LogP) is 1.84. The largest absolute Gasteiger partial charge is 0.398 e. The highest BCUT2D eigenvalue weighted by atomic mass is 19.3. The predicted molar refractivity (Wildman–Crippen MR) is 62.2 cm³/mol. The molecule has 0 amide bonds. The van der Waals surface area contributed by atoms with E-state index in [1.54, 1.807) is 13.1 Å². The highest BCUT2D eigenvalue weighted by molar-refractivity contribution is 5.46. The summed E-state index contributed by atoms with van der Waals surface area (Å²) in [5.41, 5.74) is 6.67. The lowest BCUT2D eigenvalue weighted by atomic mass is 10.1. The zero-order valence-electron chi connectivity index (χ0n) is 10.2. The summed E-state index contributed by atoms with van der Waals surface area (Å²) in [6.45, 7) is -1.56. The minimum Gasteiger partial charge on any atom is -0.398 e. The van der Waals surface area contributed by atoms with E-state index in [1.807, 2.05) is 0 Å². The van der Waals surface area contributed by atoms with Gasteiger partial charge < -0.3 is 15.8 Å². The Hall–Kier alpha value is -1.41. The number of nitrogens with two attached hydrogens (primary N) is 1. The van der Waals surface area contributed by atoms with Gasteiger partial charge in [-0.3, -0.25) is 4.98 Å². The molecule has 4 nitrogen and oxygen atoms in total. The first-order chi connectivity index (χ1) is 8.88. The summed E-state index contributed by atoms with van der Waals surface area (Å²) in [5.74, 6) is -4.15. The van der Waals surface area contributed by atoms with Crippen molar-refractivity contribution in [3.63, 3.8) is 0 Å². The molecule has 3 N–H and O–H groups in total. The second-order valence-electron chi connectivity index (χ2n) is 3.92. The number of alkyl halides is 4. The van der Waals surface area contributed by atoms with Crippen LogP contribution in [0.4, 0.5) is 23.2 Å². The minimum atomic E-state index is -4.15. The molecule has 1 atom stereocenters. The van der Waals surface area contributed by atoms with Gasteiger partial charge in [0.15, 0.2) is 0 Å². The fourth-order valence-electron chi connectivity index (χ4n) is 1.41. The standard InChI is InChI=1S/C11H15F4N3O/c1-17-9(7-4-18-3-2-8(7)16)5-19-6-11(14,15)10(12)13/h2-4,9-10,17H,5-6H2,1H3,(H2,16,18). The van der Waals surface area contributed by atoms with E-state index in [9.17, 15) is 17.6 Å². The highest BCUT2D eigenvalue weighted by Crippen LogP contribution is 2.24. The van der Waals surface area contributed by atoms with E-state index >= 15 is 0 Å². The Morgan fingerprint density at radius 2 is 2.16 bits per heavy atom. The van der Waals surface area contributed by atoms with Gasteiger partial charge in [0.2, 0.25) is 0 Å². The van der Waals surface area contributed by atoms with Gasteiger partial charge in [-0.25, -0.2) is 8.78 Å². The lowest BCUT2D eigenvalue weighted by Gasteiger charge is -2.20. The van der Waals surface area contributed by atoms with Gasteiger partial charge >= 0.3 is 12.3 Å². The van der Waals surface area contributed by atoms with Gasteiger partial charge in [-0.2, -0.15) is 8.78 Å². The zero-order valence-corrected chi connectivity index (χ0v) is 10.2. The van der Waals surface area contributed by atoms with Gasteiger partial charge in [-0.05, 0) is 13.1 Å². The van der Waals surface area contributed by atoms with Gasteiger partial charge in [0, 0.05) is 23.6 Å². The second-order valence-corrected chi connectivity index (χ2v) is 3.92. The fourth-order valence-corrected chi connectivity index (χ4v) is 1.41. The van der Waals surface area contributed by atoms with Crippen molar-refractivity contribution in [2.24, 2.45) is 0 Å². The number of aromatic nitrogens is 1. The van der Waals surface area contributed by atoms with Crippen LogP contribution in [0.25, 0.3) is 0 Å². The molecule has 8 heteroatoms. The van der Waals surface area contributed by atoms with Crippen molar-refractivity contribution in [1.82, 2.24) is 10.3 Å². The topological polar surface area (TPSA) is 60.2 Å². The Bertz CT molecular complexity index is 403. The lowest BCUT2D eigenvalue weighted by molar-refractivity contribution is -0.167. The van der Waals surface area contributed by atoms with Crippen LogP contribution in [-0.2, 0) is 4.74 Å². The van der Waals surface area contributed by atoms with E-state index in [0.717, 1.165) is 0 Å². The first-order valence-corrected chi connectivity index (χ1v) is 5.49. The maximum absolute atomic E-state index is 12.7. The molecule has 0 aliphatic heterocycles. The van der Waals surface area contributed by atoms with Gasteiger partial charge in [0.1, 0.15) is 6.61 Å². The third kappa shape index (κ3) is 4.32. The Labute approximate surface area is 108 Å². The molecule has 19 heavy (non-hydrogen) atoms. The molecule has 0 spiro atoms. The summed E-state index contributed by atoms with van der Waals surface area (Å²) in [6.07, 6.45) is -0.799. The van der Waals surface area contributed by atoms with Crippen LogP contribution in [-0.4, -0.2) is 37.6 Å². The SMILES string of the molecule is CNC(COCC(F)(F)C(F)F)c1cnccc1N. The van der Waals surface area contributed by atoms with Crippen molar-refractivity contribution < 1.29 is 22.3 Å². The van der Waals surface area contributed by atoms with Crippen LogP contribution in [0.1, 0.15) is 11.6 Å². The first-order valence-electron chi connectivity index (χ1n) is 5.49. The summed E-state index contributed by atoms with van der Waals surface area (Å²) >= 11 is 0. The molecule has 1 aromatic heterocycles. The third-order valence-corrected chi connectivity index (χ3v) is 2.51. The van der Waals surface area contributed by atoms with E-state index in [0.29, 0.717) is 11.3 Å². The van der Waals surface area contributed by atoms with E-state index in [4.69, 9.17) is 5.73 Å². The monoisotopic (exact) mass is 281 g/mol. The number of nitrogens with one attached hydrogen (secondary N) is 1. The molecule has 0 saturated heterocycles. The van der Waals surface area contributed by atoms with Gasteiger partial charge in [0.25, 0.3) is 0 Å². The molecule has 1 unspecified atom stereocenters. The molecule has 1 heterocycles. The van der Waals surface area contributed by atoms with Crippen molar-refractivity contribution >= 4 is 5.69 Å². The highest BCUT2D eigenvalue weighted by Gasteiger charge is 2.41. The molecule has 0 saturated carbocycles. The number of halogens is 4. The first kappa shape index (κ1) is 15.6. The second kappa shape index (κ2) is 6.67. The maximum Gasteiger partial charge on any atom is 0.330 e. The van der Waals surface area contributed by atoms with Crippen LogP contribution >= 0.6 is 0 Å². The Morgan fingerprint density at radius 1 is 1.47 bits per heavy atom. The number of hydrogen-bond acceptors (Lipinski definition) is 4. The number of rotatable bonds is 7. The third-order valence-electron chi connectivity index (χ3n) is 2.51. The van der Waals surface area contributed by atoms with Crippen LogP contribution in [0.5, 0.6) is 0 Å². The number of anilines is 1. The summed E-state index contributed by atoms with van der Waals surface area (Å²) < 4.78 is 53.8. The number of likely N-dealkylation sites (N-methyl/N-ethyl adjacent to an activating group) is 1. The molecule has 0 bridgehead atoms. The van der Waals surface area contributed by atoms with E-state index in [1.165, 1.54) is 12.4 Å². The molecule has 108 valence electrons. The molecule has 1 rings (SSSR count). The van der Waals surface area contributed by atoms with Gasteiger partial charge in [0.05, 0.1) is 12.6 Å². The minimum absolute atomic E-state index is 0.214. The number of nitrogen functional groups attached to an aromatic ring is 1. The average Bonchev–Trinajstić information content (AvgIpc) is 2.35. The zero-order chi connectivity index (χ0) is 14.5. The number of hydrogen-bond donors (Lipinski definition) is 2. The lowest BCUT2D eigenvalue weighted by Crippen LogP contribution is -2.34. The van der Waals surface area contributed by atoms with Crippen molar-refractivity contribution in [1.29, 1.82) is 0 Å². The Morgan fingerprint density at radius 3 is 2.68 bits per heavy atom. The van der Waals surface area contributed by atoms with Gasteiger partial charge in [-0.15, -0.1) is 0 Å². The molecule has 0 aliphatic rings. The summed E-state index contributed by atoms with van der Waals surface area (Å²) in [4.78, 5) is 3.86. The van der Waals surface area contributed by atoms with Gasteiger partial charge in [-0.1, -0.05) is 0 Å². The fraction of sp³-hybridized carbons (Fsp3) is 0.545. The van der Waals surface area contributed by atoms with Crippen molar-refractivity contribution in [3.8, 4) is 0 Å². The van der Waals surface area contributed by atoms with Crippen LogP contribution in [0, 0.1) is 0 Å². The molecule has 1 aromatic rings. The summed E-state index contributed by atoms with van der Waals surface area (Å²) in [6, 6.07) is 1.05. The normalized spacial score (nSPS) is 13.8.